The fourth-order valence-corrected chi connectivity index (χ4v) is 4.09. The van der Waals surface area contributed by atoms with E-state index >= 15 is 0 Å². The van der Waals surface area contributed by atoms with Crippen molar-refractivity contribution in [2.45, 2.75) is 45.4 Å². The van der Waals surface area contributed by atoms with E-state index in [4.69, 9.17) is 18.9 Å². The Hall–Kier alpha value is -3.64. The maximum absolute atomic E-state index is 11.9. The van der Waals surface area contributed by atoms with Crippen LogP contribution in [0.4, 0.5) is 22.7 Å². The molecule has 2 amide bonds. The molecule has 1 rings (SSSR count). The molecule has 0 aliphatic heterocycles. The van der Waals surface area contributed by atoms with Gasteiger partial charge in [-0.15, -0.1) is 0 Å². The standard InChI is InChI=1S/C29H51N7O10/c1-24(37)31-10-14-43-18-19-44-15-11-32-25-22-26(28(36(41)42)23-27(25)35(39)40)33-12-16-45-20-21-46-17-13-34-29(38)8-6-4-3-5-7-9-30-2/h22-23,30,32-33H,3-21H2,1-2H3,(H,31,37)(H,34,38). The fourth-order valence-electron chi connectivity index (χ4n) is 4.09. The lowest BCUT2D eigenvalue weighted by Crippen LogP contribution is -2.27. The topological polar surface area (TPSA) is 217 Å². The number of benzene rings is 1. The average molecular weight is 658 g/mol. The van der Waals surface area contributed by atoms with E-state index in [1.54, 1.807) is 0 Å². The van der Waals surface area contributed by atoms with Crippen molar-refractivity contribution >= 4 is 34.6 Å². The third-order valence-corrected chi connectivity index (χ3v) is 6.39. The van der Waals surface area contributed by atoms with Crippen LogP contribution in [0.2, 0.25) is 0 Å². The van der Waals surface area contributed by atoms with Gasteiger partial charge in [-0.1, -0.05) is 19.3 Å². The quantitative estimate of drug-likeness (QED) is 0.0456. The summed E-state index contributed by atoms with van der Waals surface area (Å²) in [4.78, 5) is 44.4. The monoisotopic (exact) mass is 657 g/mol. The third kappa shape index (κ3) is 20.4. The Bertz CT molecular complexity index is 1030. The number of ether oxygens (including phenoxy) is 4. The molecular weight excluding hydrogens is 606 g/mol. The van der Waals surface area contributed by atoms with Crippen LogP contribution < -0.4 is 26.6 Å². The zero-order valence-corrected chi connectivity index (χ0v) is 27.1. The Morgan fingerprint density at radius 1 is 0.630 bits per heavy atom. The first-order chi connectivity index (χ1) is 22.3. The Labute approximate surface area is 270 Å². The second kappa shape index (κ2) is 26.6. The molecule has 0 aromatic heterocycles. The zero-order valence-electron chi connectivity index (χ0n) is 27.1. The van der Waals surface area contributed by atoms with E-state index in [9.17, 15) is 29.8 Å². The number of nitrogens with one attached hydrogen (secondary N) is 5. The van der Waals surface area contributed by atoms with Crippen LogP contribution in [0, 0.1) is 20.2 Å². The first-order valence-electron chi connectivity index (χ1n) is 15.7. The summed E-state index contributed by atoms with van der Waals surface area (Å²) >= 11 is 0. The van der Waals surface area contributed by atoms with E-state index in [2.05, 4.69) is 26.6 Å². The predicted octanol–water partition coefficient (Wildman–Crippen LogP) is 2.21. The minimum absolute atomic E-state index is 0.0195. The summed E-state index contributed by atoms with van der Waals surface area (Å²) < 4.78 is 21.7. The van der Waals surface area contributed by atoms with Crippen molar-refractivity contribution in [3.63, 3.8) is 0 Å². The molecule has 262 valence electrons. The SMILES string of the molecule is CNCCCCCCCC(=O)NCCOCCOCCNc1cc(NCCOCCOCCNC(C)=O)c([N+](=O)[O-])cc1[N+](=O)[O-]. The minimum atomic E-state index is -0.688. The van der Waals surface area contributed by atoms with Crippen molar-refractivity contribution in [3.8, 4) is 0 Å². The van der Waals surface area contributed by atoms with Crippen LogP contribution in [0.5, 0.6) is 0 Å². The molecule has 0 bridgehead atoms. The van der Waals surface area contributed by atoms with Gasteiger partial charge in [0.2, 0.25) is 11.8 Å². The second-order valence-corrected chi connectivity index (χ2v) is 10.2. The minimum Gasteiger partial charge on any atom is -0.377 e. The summed E-state index contributed by atoms with van der Waals surface area (Å²) in [5, 5.41) is 37.5. The molecule has 0 atom stereocenters. The summed E-state index contributed by atoms with van der Waals surface area (Å²) in [5.41, 5.74) is -0.649. The highest BCUT2D eigenvalue weighted by Gasteiger charge is 2.24. The fraction of sp³-hybridized carbons (Fsp3) is 0.724. The molecule has 1 aromatic rings. The number of carbonyl (C=O) groups is 2. The number of nitro groups is 2. The molecule has 0 aliphatic rings. The number of unbranched alkanes of at least 4 members (excludes halogenated alkanes) is 4. The molecule has 5 N–H and O–H groups in total. The highest BCUT2D eigenvalue weighted by atomic mass is 16.6. The van der Waals surface area contributed by atoms with Gasteiger partial charge in [-0.05, 0) is 32.5 Å². The molecule has 0 unspecified atom stereocenters. The Morgan fingerprint density at radius 2 is 1.09 bits per heavy atom. The zero-order chi connectivity index (χ0) is 33.8. The van der Waals surface area contributed by atoms with Gasteiger partial charge in [-0.3, -0.25) is 29.8 Å². The molecule has 0 radical (unpaired) electrons. The van der Waals surface area contributed by atoms with Crippen molar-refractivity contribution in [2.75, 3.05) is 103 Å². The van der Waals surface area contributed by atoms with Crippen LogP contribution in [-0.4, -0.2) is 114 Å². The first-order valence-corrected chi connectivity index (χ1v) is 15.7. The predicted molar refractivity (Wildman–Crippen MR) is 173 cm³/mol. The van der Waals surface area contributed by atoms with Crippen molar-refractivity contribution < 1.29 is 38.4 Å². The van der Waals surface area contributed by atoms with Gasteiger partial charge in [0, 0.05) is 39.5 Å². The molecule has 0 fully saturated rings. The van der Waals surface area contributed by atoms with E-state index in [-0.39, 0.29) is 56.1 Å². The summed E-state index contributed by atoms with van der Waals surface area (Å²) in [6.07, 6.45) is 5.90. The van der Waals surface area contributed by atoms with E-state index in [0.717, 1.165) is 38.3 Å². The van der Waals surface area contributed by atoms with Gasteiger partial charge in [-0.25, -0.2) is 0 Å². The summed E-state index contributed by atoms with van der Waals surface area (Å²) in [5.74, 6) is -0.118. The van der Waals surface area contributed by atoms with Crippen LogP contribution in [0.3, 0.4) is 0 Å². The number of rotatable bonds is 30. The maximum Gasteiger partial charge on any atom is 0.299 e. The normalized spacial score (nSPS) is 10.8. The molecule has 17 nitrogen and oxygen atoms in total. The van der Waals surface area contributed by atoms with Gasteiger partial charge in [0.15, 0.2) is 0 Å². The smallest absolute Gasteiger partial charge is 0.299 e. The van der Waals surface area contributed by atoms with Gasteiger partial charge in [-0.2, -0.15) is 0 Å². The van der Waals surface area contributed by atoms with Crippen LogP contribution in [-0.2, 0) is 28.5 Å². The number of hydrogen-bond donors (Lipinski definition) is 5. The van der Waals surface area contributed by atoms with Gasteiger partial charge < -0.3 is 45.5 Å². The van der Waals surface area contributed by atoms with Crippen LogP contribution in [0.1, 0.15) is 45.4 Å². The number of nitro benzene ring substituents is 2. The molecule has 0 saturated carbocycles. The van der Waals surface area contributed by atoms with E-state index < -0.39 is 21.2 Å². The van der Waals surface area contributed by atoms with Gasteiger partial charge >= 0.3 is 0 Å². The van der Waals surface area contributed by atoms with E-state index in [1.165, 1.54) is 19.4 Å². The summed E-state index contributed by atoms with van der Waals surface area (Å²) in [7, 11) is 1.94. The number of anilines is 2. The Kier molecular flexibility index (Phi) is 23.3. The average Bonchev–Trinajstić information content (AvgIpc) is 3.01. The highest BCUT2D eigenvalue weighted by Crippen LogP contribution is 2.35. The van der Waals surface area contributed by atoms with Crippen LogP contribution in [0.15, 0.2) is 12.1 Å². The molecule has 0 aliphatic carbocycles. The largest absolute Gasteiger partial charge is 0.377 e. The lowest BCUT2D eigenvalue weighted by molar-refractivity contribution is -0.393. The van der Waals surface area contributed by atoms with Crippen LogP contribution >= 0.6 is 0 Å². The van der Waals surface area contributed by atoms with Crippen molar-refractivity contribution in [1.29, 1.82) is 0 Å². The lowest BCUT2D eigenvalue weighted by atomic mass is 10.1. The third-order valence-electron chi connectivity index (χ3n) is 6.39. The van der Waals surface area contributed by atoms with E-state index in [0.29, 0.717) is 52.5 Å². The van der Waals surface area contributed by atoms with Crippen LogP contribution in [0.25, 0.3) is 0 Å². The summed E-state index contributed by atoms with van der Waals surface area (Å²) in [6.45, 7) is 6.05. The Morgan fingerprint density at radius 3 is 1.57 bits per heavy atom. The first kappa shape index (κ1) is 40.4. The lowest BCUT2D eigenvalue weighted by Gasteiger charge is -2.12. The molecule has 0 saturated heterocycles. The molecule has 17 heteroatoms. The molecule has 46 heavy (non-hydrogen) atoms. The second-order valence-electron chi connectivity index (χ2n) is 10.2. The highest BCUT2D eigenvalue weighted by molar-refractivity contribution is 5.77. The summed E-state index contributed by atoms with van der Waals surface area (Å²) in [6, 6.07) is 2.23. The Balaban J connectivity index is 2.28. The van der Waals surface area contributed by atoms with Crippen molar-refractivity contribution in [2.24, 2.45) is 0 Å². The maximum atomic E-state index is 11.9. The van der Waals surface area contributed by atoms with Gasteiger partial charge in [0.25, 0.3) is 11.4 Å². The molecule has 0 spiro atoms. The van der Waals surface area contributed by atoms with Gasteiger partial charge in [0.05, 0.1) is 68.8 Å². The number of hydrogen-bond acceptors (Lipinski definition) is 13. The van der Waals surface area contributed by atoms with E-state index in [1.807, 2.05) is 7.05 Å². The molecular formula is C29H51N7O10. The van der Waals surface area contributed by atoms with Crippen molar-refractivity contribution in [3.05, 3.63) is 32.4 Å². The van der Waals surface area contributed by atoms with Gasteiger partial charge in [0.1, 0.15) is 11.4 Å². The molecule has 0 heterocycles. The van der Waals surface area contributed by atoms with Crippen molar-refractivity contribution in [1.82, 2.24) is 16.0 Å². The molecule has 1 aromatic carbocycles. The number of nitrogens with zero attached hydrogens (tertiary/aromatic N) is 2. The number of amides is 2. The number of carbonyl (C=O) groups excluding carboxylic acids is 2.